The number of rotatable bonds is 6. The summed E-state index contributed by atoms with van der Waals surface area (Å²) in [5.41, 5.74) is -0.491. The minimum atomic E-state index is -0.491. The van der Waals surface area contributed by atoms with E-state index in [0.29, 0.717) is 13.1 Å². The van der Waals surface area contributed by atoms with Crippen molar-refractivity contribution < 1.29 is 14.3 Å². The molecule has 0 heterocycles. The van der Waals surface area contributed by atoms with E-state index in [2.05, 4.69) is 16.0 Å². The van der Waals surface area contributed by atoms with E-state index >= 15 is 0 Å². The molecule has 0 saturated carbocycles. The minimum Gasteiger partial charge on any atom is -0.444 e. The second kappa shape index (κ2) is 7.92. The molecule has 0 aliphatic rings. The standard InChI is InChI=1S/C12H25N3O3/c1-9(2)15-10(16)8-13-6-7-14-11(17)18-12(3,4)5/h9,13H,6-8H2,1-5H3,(H,14,17)(H,15,16). The van der Waals surface area contributed by atoms with Crippen LogP contribution in [0.5, 0.6) is 0 Å². The van der Waals surface area contributed by atoms with Crippen LogP contribution in [0.2, 0.25) is 0 Å². The van der Waals surface area contributed by atoms with E-state index in [1.165, 1.54) is 0 Å². The molecule has 6 heteroatoms. The predicted octanol–water partition coefficient (Wildman–Crippen LogP) is 0.625. The fourth-order valence-corrected chi connectivity index (χ4v) is 1.14. The molecule has 0 atom stereocenters. The predicted molar refractivity (Wildman–Crippen MR) is 70.4 cm³/mol. The molecule has 6 nitrogen and oxygen atoms in total. The first-order valence-electron chi connectivity index (χ1n) is 6.17. The summed E-state index contributed by atoms with van der Waals surface area (Å²) in [5, 5.41) is 8.28. The fourth-order valence-electron chi connectivity index (χ4n) is 1.14. The second-order valence-corrected chi connectivity index (χ2v) is 5.33. The van der Waals surface area contributed by atoms with Gasteiger partial charge in [-0.3, -0.25) is 4.79 Å². The molecule has 0 aromatic carbocycles. The Morgan fingerprint density at radius 1 is 1.17 bits per heavy atom. The van der Waals surface area contributed by atoms with Crippen molar-refractivity contribution in [1.82, 2.24) is 16.0 Å². The van der Waals surface area contributed by atoms with Crippen LogP contribution in [0.4, 0.5) is 4.79 Å². The maximum Gasteiger partial charge on any atom is 0.407 e. The number of hydrogen-bond acceptors (Lipinski definition) is 4. The lowest BCUT2D eigenvalue weighted by atomic mass is 10.2. The Morgan fingerprint density at radius 2 is 1.78 bits per heavy atom. The van der Waals surface area contributed by atoms with Gasteiger partial charge >= 0.3 is 6.09 Å². The van der Waals surface area contributed by atoms with Gasteiger partial charge in [-0.2, -0.15) is 0 Å². The first-order chi connectivity index (χ1) is 8.20. The molecule has 0 radical (unpaired) electrons. The van der Waals surface area contributed by atoms with Crippen LogP contribution in [0.25, 0.3) is 0 Å². The van der Waals surface area contributed by atoms with Crippen LogP contribution in [0.1, 0.15) is 34.6 Å². The first-order valence-corrected chi connectivity index (χ1v) is 6.17. The van der Waals surface area contributed by atoms with Crippen molar-refractivity contribution in [3.63, 3.8) is 0 Å². The van der Waals surface area contributed by atoms with Gasteiger partial charge in [0.1, 0.15) is 5.60 Å². The van der Waals surface area contributed by atoms with E-state index < -0.39 is 11.7 Å². The summed E-state index contributed by atoms with van der Waals surface area (Å²) in [4.78, 5) is 22.5. The highest BCUT2D eigenvalue weighted by Crippen LogP contribution is 2.05. The molecule has 0 saturated heterocycles. The van der Waals surface area contributed by atoms with Crippen LogP contribution in [0.3, 0.4) is 0 Å². The number of ether oxygens (including phenoxy) is 1. The zero-order valence-electron chi connectivity index (χ0n) is 11.9. The van der Waals surface area contributed by atoms with Gasteiger partial charge < -0.3 is 20.7 Å². The van der Waals surface area contributed by atoms with E-state index in [4.69, 9.17) is 4.74 Å². The Labute approximate surface area is 109 Å². The van der Waals surface area contributed by atoms with Gasteiger partial charge in [0.25, 0.3) is 0 Å². The molecule has 2 amide bonds. The molecule has 0 rings (SSSR count). The lowest BCUT2D eigenvalue weighted by Crippen LogP contribution is -2.41. The van der Waals surface area contributed by atoms with E-state index in [0.717, 1.165) is 0 Å². The average Bonchev–Trinajstić information content (AvgIpc) is 2.12. The van der Waals surface area contributed by atoms with Gasteiger partial charge in [0.2, 0.25) is 5.91 Å². The highest BCUT2D eigenvalue weighted by Gasteiger charge is 2.15. The molecule has 0 bridgehead atoms. The fraction of sp³-hybridized carbons (Fsp3) is 0.833. The molecule has 0 aromatic heterocycles. The highest BCUT2D eigenvalue weighted by molar-refractivity contribution is 5.78. The largest absolute Gasteiger partial charge is 0.444 e. The van der Waals surface area contributed by atoms with Crippen molar-refractivity contribution in [1.29, 1.82) is 0 Å². The monoisotopic (exact) mass is 259 g/mol. The van der Waals surface area contributed by atoms with Crippen LogP contribution in [0.15, 0.2) is 0 Å². The Kier molecular flexibility index (Phi) is 7.35. The molecule has 0 aliphatic heterocycles. The number of alkyl carbamates (subject to hydrolysis) is 1. The van der Waals surface area contributed by atoms with Gasteiger partial charge in [-0.1, -0.05) is 0 Å². The second-order valence-electron chi connectivity index (χ2n) is 5.33. The minimum absolute atomic E-state index is 0.0535. The SMILES string of the molecule is CC(C)NC(=O)CNCCNC(=O)OC(C)(C)C. The Morgan fingerprint density at radius 3 is 2.28 bits per heavy atom. The normalized spacial score (nSPS) is 11.2. The van der Waals surface area contributed by atoms with Crippen molar-refractivity contribution in [3.05, 3.63) is 0 Å². The summed E-state index contributed by atoms with van der Waals surface area (Å²) in [6.07, 6.45) is -0.448. The summed E-state index contributed by atoms with van der Waals surface area (Å²) in [7, 11) is 0. The Balaban J connectivity index is 3.51. The number of hydrogen-bond donors (Lipinski definition) is 3. The summed E-state index contributed by atoms with van der Waals surface area (Å²) < 4.78 is 5.06. The van der Waals surface area contributed by atoms with Crippen molar-refractivity contribution in [2.75, 3.05) is 19.6 Å². The van der Waals surface area contributed by atoms with Gasteiger partial charge in [0.05, 0.1) is 6.54 Å². The summed E-state index contributed by atoms with van der Waals surface area (Å²) >= 11 is 0. The zero-order valence-corrected chi connectivity index (χ0v) is 11.9. The smallest absolute Gasteiger partial charge is 0.407 e. The quantitative estimate of drug-likeness (QED) is 0.611. The molecule has 0 unspecified atom stereocenters. The number of carbonyl (C=O) groups is 2. The first kappa shape index (κ1) is 16.7. The zero-order chi connectivity index (χ0) is 14.2. The third-order valence-corrected chi connectivity index (χ3v) is 1.71. The Hall–Kier alpha value is -1.30. The van der Waals surface area contributed by atoms with Gasteiger partial charge in [0, 0.05) is 19.1 Å². The van der Waals surface area contributed by atoms with E-state index in [1.54, 1.807) is 20.8 Å². The van der Waals surface area contributed by atoms with Crippen LogP contribution in [0, 0.1) is 0 Å². The van der Waals surface area contributed by atoms with Gasteiger partial charge in [-0.05, 0) is 34.6 Å². The number of carbonyl (C=O) groups excluding carboxylic acids is 2. The van der Waals surface area contributed by atoms with Crippen LogP contribution in [-0.2, 0) is 9.53 Å². The summed E-state index contributed by atoms with van der Waals surface area (Å²) in [6.45, 7) is 10.4. The maximum absolute atomic E-state index is 11.3. The van der Waals surface area contributed by atoms with Crippen LogP contribution in [-0.4, -0.2) is 43.3 Å². The highest BCUT2D eigenvalue weighted by atomic mass is 16.6. The lowest BCUT2D eigenvalue weighted by Gasteiger charge is -2.19. The molecular weight excluding hydrogens is 234 g/mol. The average molecular weight is 259 g/mol. The third kappa shape index (κ3) is 11.2. The molecule has 0 aromatic rings. The van der Waals surface area contributed by atoms with Crippen molar-refractivity contribution in [2.24, 2.45) is 0 Å². The van der Waals surface area contributed by atoms with Gasteiger partial charge in [-0.15, -0.1) is 0 Å². The maximum atomic E-state index is 11.3. The topological polar surface area (TPSA) is 79.5 Å². The summed E-state index contributed by atoms with van der Waals surface area (Å²) in [6, 6.07) is 0.138. The molecule has 3 N–H and O–H groups in total. The van der Waals surface area contributed by atoms with Crippen molar-refractivity contribution in [3.8, 4) is 0 Å². The number of amides is 2. The molecular formula is C12H25N3O3. The van der Waals surface area contributed by atoms with Crippen molar-refractivity contribution >= 4 is 12.0 Å². The molecule has 0 fully saturated rings. The van der Waals surface area contributed by atoms with E-state index in [-0.39, 0.29) is 18.5 Å². The summed E-state index contributed by atoms with van der Waals surface area (Å²) in [5.74, 6) is -0.0535. The van der Waals surface area contributed by atoms with E-state index in [1.807, 2.05) is 13.8 Å². The third-order valence-electron chi connectivity index (χ3n) is 1.71. The molecule has 18 heavy (non-hydrogen) atoms. The van der Waals surface area contributed by atoms with E-state index in [9.17, 15) is 9.59 Å². The van der Waals surface area contributed by atoms with Gasteiger partial charge in [-0.25, -0.2) is 4.79 Å². The van der Waals surface area contributed by atoms with Crippen LogP contribution < -0.4 is 16.0 Å². The van der Waals surface area contributed by atoms with Gasteiger partial charge in [0.15, 0.2) is 0 Å². The molecule has 106 valence electrons. The molecule has 0 aliphatic carbocycles. The molecule has 0 spiro atoms. The van der Waals surface area contributed by atoms with Crippen molar-refractivity contribution in [2.45, 2.75) is 46.3 Å². The van der Waals surface area contributed by atoms with Crippen LogP contribution >= 0.6 is 0 Å². The number of nitrogens with one attached hydrogen (secondary N) is 3. The lowest BCUT2D eigenvalue weighted by molar-refractivity contribution is -0.120. The Bertz CT molecular complexity index is 272.